The first kappa shape index (κ1) is 30.3. The van der Waals surface area contributed by atoms with Crippen LogP contribution in [0, 0.1) is 0 Å². The molecule has 3 N–H and O–H groups in total. The summed E-state index contributed by atoms with van der Waals surface area (Å²) in [7, 11) is 1.31. The van der Waals surface area contributed by atoms with Crippen LogP contribution in [0.5, 0.6) is 0 Å². The summed E-state index contributed by atoms with van der Waals surface area (Å²) in [6.07, 6.45) is -1.48. The molecule has 10 heteroatoms. The molecule has 2 atom stereocenters. The Morgan fingerprint density at radius 2 is 1.48 bits per heavy atom. The van der Waals surface area contributed by atoms with Crippen molar-refractivity contribution in [2.45, 2.75) is 43.9 Å². The number of carboxylic acids is 1. The van der Waals surface area contributed by atoms with Gasteiger partial charge in [0.1, 0.15) is 19.3 Å². The van der Waals surface area contributed by atoms with Gasteiger partial charge in [-0.25, -0.2) is 9.59 Å². The van der Waals surface area contributed by atoms with Crippen LogP contribution in [0.4, 0.5) is 4.79 Å². The molecule has 1 aliphatic rings. The van der Waals surface area contributed by atoms with Crippen molar-refractivity contribution in [3.63, 3.8) is 0 Å². The van der Waals surface area contributed by atoms with Gasteiger partial charge in [0.05, 0.1) is 13.0 Å². The van der Waals surface area contributed by atoms with Crippen LogP contribution in [0.25, 0.3) is 11.1 Å². The van der Waals surface area contributed by atoms with Crippen LogP contribution >= 0.6 is 0 Å². The summed E-state index contributed by atoms with van der Waals surface area (Å²) in [4.78, 5) is 51.1. The smallest absolute Gasteiger partial charge is 0.407 e. The second-order valence-electron chi connectivity index (χ2n) is 10.0. The maximum atomic E-state index is 13.3. The zero-order valence-corrected chi connectivity index (χ0v) is 23.5. The Bertz CT molecular complexity index is 1380. The Morgan fingerprint density at radius 3 is 2.05 bits per heavy atom. The molecule has 1 aliphatic carbocycles. The maximum Gasteiger partial charge on any atom is 0.407 e. The Kier molecular flexibility index (Phi) is 9.93. The molecule has 3 aromatic carbocycles. The topological polar surface area (TPSA) is 140 Å². The summed E-state index contributed by atoms with van der Waals surface area (Å²) in [6.45, 7) is 1.22. The third-order valence-corrected chi connectivity index (χ3v) is 7.33. The highest BCUT2D eigenvalue weighted by Crippen LogP contribution is 2.44. The number of carboxylic acid groups (broad SMARTS) is 1. The number of nitrogens with one attached hydrogen (secondary N) is 2. The molecule has 0 saturated carbocycles. The lowest BCUT2D eigenvalue weighted by molar-refractivity contribution is -0.151. The van der Waals surface area contributed by atoms with Crippen molar-refractivity contribution in [2.24, 2.45) is 0 Å². The molecule has 0 heterocycles. The van der Waals surface area contributed by atoms with E-state index in [9.17, 15) is 24.3 Å². The van der Waals surface area contributed by atoms with Gasteiger partial charge in [0.25, 0.3) is 0 Å². The molecular formula is C32H34N2O8. The summed E-state index contributed by atoms with van der Waals surface area (Å²) in [5.74, 6) is -3.18. The predicted molar refractivity (Wildman–Crippen MR) is 154 cm³/mol. The lowest BCUT2D eigenvalue weighted by Gasteiger charge is -2.30. The monoisotopic (exact) mass is 574 g/mol. The van der Waals surface area contributed by atoms with Gasteiger partial charge < -0.3 is 30.0 Å². The van der Waals surface area contributed by atoms with Gasteiger partial charge in [-0.15, -0.1) is 0 Å². The van der Waals surface area contributed by atoms with Crippen molar-refractivity contribution in [2.75, 3.05) is 20.3 Å². The third kappa shape index (κ3) is 6.95. The Morgan fingerprint density at radius 1 is 0.881 bits per heavy atom. The van der Waals surface area contributed by atoms with Crippen LogP contribution in [-0.4, -0.2) is 60.9 Å². The molecule has 2 amide bonds. The fraction of sp³-hybridized carbons (Fsp3) is 0.312. The minimum absolute atomic E-state index is 0.00195. The minimum atomic E-state index is -1.76. The molecule has 3 aromatic rings. The number of rotatable bonds is 13. The van der Waals surface area contributed by atoms with Crippen LogP contribution < -0.4 is 10.6 Å². The first-order valence-corrected chi connectivity index (χ1v) is 13.6. The molecule has 0 radical (unpaired) electrons. The fourth-order valence-electron chi connectivity index (χ4n) is 5.02. The Labute approximate surface area is 244 Å². The summed E-state index contributed by atoms with van der Waals surface area (Å²) in [5, 5.41) is 14.7. The highest BCUT2D eigenvalue weighted by Gasteiger charge is 2.41. The van der Waals surface area contributed by atoms with Gasteiger partial charge in [0.2, 0.25) is 5.91 Å². The van der Waals surface area contributed by atoms with E-state index in [4.69, 9.17) is 14.2 Å². The second-order valence-corrected chi connectivity index (χ2v) is 10.0. The number of esters is 1. The van der Waals surface area contributed by atoms with E-state index >= 15 is 0 Å². The molecule has 0 fully saturated rings. The SMILES string of the molecule is CCC(COC)(NC(=O)[C@H](CC(=O)OCc1ccccc1)NC(=O)OCC1c2ccccc2-c2ccccc21)C(=O)O. The molecule has 4 rings (SSSR count). The first-order chi connectivity index (χ1) is 20.3. The summed E-state index contributed by atoms with van der Waals surface area (Å²) < 4.78 is 15.9. The van der Waals surface area contributed by atoms with Crippen molar-refractivity contribution >= 4 is 23.9 Å². The molecule has 220 valence electrons. The van der Waals surface area contributed by atoms with Crippen LogP contribution in [0.15, 0.2) is 78.9 Å². The molecule has 42 heavy (non-hydrogen) atoms. The number of hydrogen-bond acceptors (Lipinski definition) is 7. The lowest BCUT2D eigenvalue weighted by Crippen LogP contribution is -2.61. The maximum absolute atomic E-state index is 13.3. The molecule has 0 bridgehead atoms. The standard InChI is InChI=1S/C32H34N2O8/c1-3-32(20-40-2,30(37)38)34-29(36)27(17-28(35)41-18-21-11-5-4-6-12-21)33-31(39)42-19-26-24-15-9-7-13-22(24)23-14-8-10-16-25(23)26/h4-16,26-27H,3,17-20H2,1-2H3,(H,33,39)(H,34,36)(H,37,38)/t27-,32?/m0/s1. The van der Waals surface area contributed by atoms with E-state index in [2.05, 4.69) is 10.6 Å². The van der Waals surface area contributed by atoms with Crippen LogP contribution in [0.3, 0.4) is 0 Å². The van der Waals surface area contributed by atoms with Crippen molar-refractivity contribution in [3.05, 3.63) is 95.6 Å². The number of carbonyl (C=O) groups is 4. The van der Waals surface area contributed by atoms with E-state index < -0.39 is 41.9 Å². The first-order valence-electron chi connectivity index (χ1n) is 13.6. The largest absolute Gasteiger partial charge is 0.479 e. The van der Waals surface area contributed by atoms with E-state index in [-0.39, 0.29) is 32.2 Å². The summed E-state index contributed by atoms with van der Waals surface area (Å²) >= 11 is 0. The number of ether oxygens (including phenoxy) is 3. The number of carbonyl (C=O) groups excluding carboxylic acids is 3. The second kappa shape index (κ2) is 13.8. The Balaban J connectivity index is 1.47. The van der Waals surface area contributed by atoms with Gasteiger partial charge >= 0.3 is 18.0 Å². The fourth-order valence-corrected chi connectivity index (χ4v) is 5.02. The summed E-state index contributed by atoms with van der Waals surface area (Å²) in [5.41, 5.74) is 3.12. The van der Waals surface area contributed by atoms with E-state index in [1.165, 1.54) is 7.11 Å². The number of fused-ring (bicyclic) bond motifs is 3. The van der Waals surface area contributed by atoms with E-state index in [0.29, 0.717) is 0 Å². The lowest BCUT2D eigenvalue weighted by atomic mass is 9.96. The minimum Gasteiger partial charge on any atom is -0.479 e. The molecule has 0 aliphatic heterocycles. The molecule has 0 saturated heterocycles. The summed E-state index contributed by atoms with van der Waals surface area (Å²) in [6, 6.07) is 23.2. The van der Waals surface area contributed by atoms with Gasteiger partial charge in [-0.2, -0.15) is 0 Å². The van der Waals surface area contributed by atoms with Gasteiger partial charge in [0.15, 0.2) is 5.54 Å². The van der Waals surface area contributed by atoms with Crippen LogP contribution in [0.2, 0.25) is 0 Å². The number of hydrogen-bond donors (Lipinski definition) is 3. The molecule has 1 unspecified atom stereocenters. The number of aliphatic carboxylic acids is 1. The average molecular weight is 575 g/mol. The zero-order valence-electron chi connectivity index (χ0n) is 23.5. The molecule has 10 nitrogen and oxygen atoms in total. The van der Waals surface area contributed by atoms with E-state index in [0.717, 1.165) is 27.8 Å². The van der Waals surface area contributed by atoms with E-state index in [1.807, 2.05) is 54.6 Å². The quantitative estimate of drug-likeness (QED) is 0.260. The van der Waals surface area contributed by atoms with Crippen molar-refractivity contribution in [1.82, 2.24) is 10.6 Å². The van der Waals surface area contributed by atoms with Crippen molar-refractivity contribution in [3.8, 4) is 11.1 Å². The van der Waals surface area contributed by atoms with Gasteiger partial charge in [0, 0.05) is 13.0 Å². The van der Waals surface area contributed by atoms with E-state index in [1.54, 1.807) is 31.2 Å². The van der Waals surface area contributed by atoms with Gasteiger partial charge in [-0.1, -0.05) is 85.8 Å². The highest BCUT2D eigenvalue weighted by atomic mass is 16.6. The molecule has 0 aromatic heterocycles. The number of alkyl carbamates (subject to hydrolysis) is 1. The van der Waals surface area contributed by atoms with Crippen molar-refractivity contribution in [1.29, 1.82) is 0 Å². The average Bonchev–Trinajstić information content (AvgIpc) is 3.32. The number of benzene rings is 3. The number of methoxy groups -OCH3 is 1. The van der Waals surface area contributed by atoms with Crippen LogP contribution in [0.1, 0.15) is 42.4 Å². The normalized spacial score (nSPS) is 14.0. The van der Waals surface area contributed by atoms with Gasteiger partial charge in [-0.05, 0) is 34.2 Å². The zero-order chi connectivity index (χ0) is 30.1. The van der Waals surface area contributed by atoms with Crippen LogP contribution in [-0.2, 0) is 35.2 Å². The highest BCUT2D eigenvalue weighted by molar-refractivity contribution is 5.93. The molecule has 0 spiro atoms. The predicted octanol–water partition coefficient (Wildman–Crippen LogP) is 4.02. The Hall–Kier alpha value is -4.70. The van der Waals surface area contributed by atoms with Crippen molar-refractivity contribution < 1.29 is 38.5 Å². The molecular weight excluding hydrogens is 540 g/mol. The van der Waals surface area contributed by atoms with Gasteiger partial charge in [-0.3, -0.25) is 9.59 Å². The third-order valence-electron chi connectivity index (χ3n) is 7.33. The number of amides is 2.